The molecule has 0 aromatic heterocycles. The number of nitrogens with zero attached hydrogens (tertiary/aromatic N) is 1. The van der Waals surface area contributed by atoms with Crippen LogP contribution in [-0.2, 0) is 36.1 Å². The number of ether oxygens (including phenoxy) is 3. The van der Waals surface area contributed by atoms with E-state index in [1.807, 2.05) is 6.07 Å². The van der Waals surface area contributed by atoms with Gasteiger partial charge in [0, 0.05) is 35.9 Å². The van der Waals surface area contributed by atoms with Gasteiger partial charge in [-0.2, -0.15) is 4.31 Å². The van der Waals surface area contributed by atoms with Crippen molar-refractivity contribution in [2.24, 2.45) is 5.92 Å². The molecule has 0 unspecified atom stereocenters. The van der Waals surface area contributed by atoms with E-state index in [1.165, 1.54) is 31.7 Å². The fraction of sp³-hybridized carbons (Fsp3) is 0.407. The minimum atomic E-state index is -4.16. The number of methoxy groups -OCH3 is 3. The summed E-state index contributed by atoms with van der Waals surface area (Å²) in [5.41, 5.74) is 0.990. The van der Waals surface area contributed by atoms with Crippen LogP contribution in [0.25, 0.3) is 0 Å². The highest BCUT2D eigenvalue weighted by atomic mass is 32.2. The normalized spacial score (nSPS) is 25.0. The van der Waals surface area contributed by atoms with Crippen LogP contribution in [0.2, 0.25) is 0 Å². The van der Waals surface area contributed by atoms with Crippen molar-refractivity contribution >= 4 is 21.8 Å². The van der Waals surface area contributed by atoms with Gasteiger partial charge in [0.2, 0.25) is 10.0 Å². The van der Waals surface area contributed by atoms with E-state index in [4.69, 9.17) is 14.2 Å². The van der Waals surface area contributed by atoms with Gasteiger partial charge in [0.1, 0.15) is 0 Å². The molecule has 2 bridgehead atoms. The first-order valence-corrected chi connectivity index (χ1v) is 13.4. The highest BCUT2D eigenvalue weighted by molar-refractivity contribution is 7.89. The first-order valence-electron chi connectivity index (χ1n) is 12.0. The topological polar surface area (TPSA) is 119 Å². The number of benzene rings is 2. The highest BCUT2D eigenvalue weighted by Gasteiger charge is 2.59. The molecule has 0 radical (unpaired) electrons. The summed E-state index contributed by atoms with van der Waals surface area (Å²) in [6.07, 6.45) is 2.38. The number of allylic oxidation sites excluding steroid dienone is 1. The Labute approximate surface area is 215 Å². The number of sulfonamides is 1. The molecule has 5 rings (SSSR count). The van der Waals surface area contributed by atoms with Gasteiger partial charge in [-0.3, -0.25) is 4.79 Å². The van der Waals surface area contributed by atoms with Crippen molar-refractivity contribution in [3.8, 4) is 11.5 Å². The molecule has 10 heteroatoms. The van der Waals surface area contributed by atoms with E-state index < -0.39 is 33.4 Å². The van der Waals surface area contributed by atoms with Gasteiger partial charge in [-0.05, 0) is 49.1 Å². The van der Waals surface area contributed by atoms with Crippen molar-refractivity contribution in [3.05, 3.63) is 64.4 Å². The van der Waals surface area contributed by atoms with Crippen LogP contribution >= 0.6 is 0 Å². The van der Waals surface area contributed by atoms with Gasteiger partial charge in [0.05, 0.1) is 31.8 Å². The molecule has 1 heterocycles. The van der Waals surface area contributed by atoms with Gasteiger partial charge in [0.15, 0.2) is 23.0 Å². The van der Waals surface area contributed by atoms with Crippen LogP contribution in [0.4, 0.5) is 0 Å². The van der Waals surface area contributed by atoms with Crippen LogP contribution in [0.5, 0.6) is 11.5 Å². The lowest BCUT2D eigenvalue weighted by molar-refractivity contribution is -0.122. The molecule has 196 valence electrons. The minimum Gasteiger partial charge on any atom is -0.504 e. The number of Topliss-reactive ketones (excluding diaryl/α,β-unsaturated/α-hetero) is 1. The smallest absolute Gasteiger partial charge is 0.339 e. The number of aromatic hydroxyl groups is 1. The Hall–Kier alpha value is -3.37. The third-order valence-electron chi connectivity index (χ3n) is 8.06. The lowest BCUT2D eigenvalue weighted by Gasteiger charge is -2.56. The number of ketones is 1. The van der Waals surface area contributed by atoms with Crippen molar-refractivity contribution in [1.29, 1.82) is 0 Å². The van der Waals surface area contributed by atoms with Crippen LogP contribution in [0, 0.1) is 12.8 Å². The molecule has 2 aliphatic carbocycles. The maximum Gasteiger partial charge on any atom is 0.339 e. The van der Waals surface area contributed by atoms with Gasteiger partial charge >= 0.3 is 5.97 Å². The Balaban J connectivity index is 1.72. The molecule has 0 saturated carbocycles. The van der Waals surface area contributed by atoms with Crippen molar-refractivity contribution in [2.45, 2.75) is 42.5 Å². The zero-order valence-electron chi connectivity index (χ0n) is 21.1. The first-order chi connectivity index (χ1) is 17.6. The minimum absolute atomic E-state index is 0.0197. The standard InChI is InChI=1S/C27H29NO8S/c1-15-6-5-7-17(26(31)36-4)25(15)37(32,33)28-11-10-27-14-20(29)22(35-3)13-18(27)19(28)12-16-8-9-21(34-2)24(30)23(16)27/h5-9,13,18-19,30H,10-12,14H2,1-4H3/t18-,19+,27-/m1/s1. The number of phenols is 1. The van der Waals surface area contributed by atoms with E-state index >= 15 is 0 Å². The molecule has 3 aliphatic rings. The van der Waals surface area contributed by atoms with E-state index in [2.05, 4.69) is 0 Å². The Morgan fingerprint density at radius 1 is 1.14 bits per heavy atom. The lowest BCUT2D eigenvalue weighted by Crippen LogP contribution is -2.62. The van der Waals surface area contributed by atoms with Gasteiger partial charge in [0.25, 0.3) is 0 Å². The summed E-state index contributed by atoms with van der Waals surface area (Å²) >= 11 is 0. The highest BCUT2D eigenvalue weighted by Crippen LogP contribution is 2.58. The van der Waals surface area contributed by atoms with Gasteiger partial charge in [-0.15, -0.1) is 0 Å². The number of carbonyl (C=O) groups excluding carboxylic acids is 2. The van der Waals surface area contributed by atoms with Crippen molar-refractivity contribution in [1.82, 2.24) is 4.31 Å². The zero-order chi connectivity index (χ0) is 26.7. The maximum absolute atomic E-state index is 14.2. The quantitative estimate of drug-likeness (QED) is 0.590. The predicted molar refractivity (Wildman–Crippen MR) is 133 cm³/mol. The number of phenolic OH excluding ortho intramolecular Hbond substituents is 1. The number of rotatable bonds is 5. The lowest BCUT2D eigenvalue weighted by atomic mass is 9.54. The summed E-state index contributed by atoms with van der Waals surface area (Å²) in [5.74, 6) is -0.910. The largest absolute Gasteiger partial charge is 0.504 e. The number of hydrogen-bond acceptors (Lipinski definition) is 8. The van der Waals surface area contributed by atoms with E-state index in [0.29, 0.717) is 29.7 Å². The van der Waals surface area contributed by atoms with Crippen LogP contribution in [0.3, 0.4) is 0 Å². The number of fused-ring (bicyclic) bond motifs is 1. The number of aryl methyl sites for hydroxylation is 1. The molecule has 37 heavy (non-hydrogen) atoms. The molecular formula is C27H29NO8S. The Bertz CT molecular complexity index is 1450. The summed E-state index contributed by atoms with van der Waals surface area (Å²) < 4.78 is 45.5. The molecule has 1 N–H and O–H groups in total. The molecular weight excluding hydrogens is 498 g/mol. The van der Waals surface area contributed by atoms with Crippen LogP contribution in [0.15, 0.2) is 47.1 Å². The van der Waals surface area contributed by atoms with Gasteiger partial charge < -0.3 is 19.3 Å². The molecule has 0 spiro atoms. The second kappa shape index (κ2) is 8.88. The van der Waals surface area contributed by atoms with E-state index in [-0.39, 0.29) is 40.7 Å². The monoisotopic (exact) mass is 527 g/mol. The average molecular weight is 528 g/mol. The molecule has 1 fully saturated rings. The Morgan fingerprint density at radius 2 is 1.89 bits per heavy atom. The van der Waals surface area contributed by atoms with Crippen molar-refractivity contribution < 1.29 is 37.3 Å². The number of carbonyl (C=O) groups is 2. The SMILES string of the molecule is COC(=O)c1cccc(C)c1S(=O)(=O)N1CC[C@@]23CC(=O)C(OC)=C[C@@H]2[C@@H]1Cc1ccc(OC)c(O)c13. The van der Waals surface area contributed by atoms with Crippen LogP contribution in [0.1, 0.15) is 39.9 Å². The summed E-state index contributed by atoms with van der Waals surface area (Å²) in [6, 6.07) is 7.62. The van der Waals surface area contributed by atoms with E-state index in [0.717, 1.165) is 5.56 Å². The molecule has 2 aromatic rings. The summed E-state index contributed by atoms with van der Waals surface area (Å²) in [5, 5.41) is 11.2. The molecule has 1 aliphatic heterocycles. The third-order valence-corrected chi connectivity index (χ3v) is 10.2. The fourth-order valence-electron chi connectivity index (χ4n) is 6.50. The Morgan fingerprint density at radius 3 is 2.57 bits per heavy atom. The second-order valence-electron chi connectivity index (χ2n) is 9.75. The molecule has 3 atom stereocenters. The van der Waals surface area contributed by atoms with Crippen LogP contribution in [-0.4, -0.2) is 63.5 Å². The molecule has 0 amide bonds. The summed E-state index contributed by atoms with van der Waals surface area (Å²) in [4.78, 5) is 25.5. The first kappa shape index (κ1) is 25.3. The van der Waals surface area contributed by atoms with Crippen LogP contribution < -0.4 is 4.74 Å². The summed E-state index contributed by atoms with van der Waals surface area (Å²) in [6.45, 7) is 1.76. The predicted octanol–water partition coefficient (Wildman–Crippen LogP) is 2.87. The number of esters is 1. The summed E-state index contributed by atoms with van der Waals surface area (Å²) in [7, 11) is -0.0609. The van der Waals surface area contributed by atoms with Crippen molar-refractivity contribution in [2.75, 3.05) is 27.9 Å². The van der Waals surface area contributed by atoms with Gasteiger partial charge in [-0.1, -0.05) is 18.2 Å². The maximum atomic E-state index is 14.2. The van der Waals surface area contributed by atoms with E-state index in [1.54, 1.807) is 31.2 Å². The average Bonchev–Trinajstić information content (AvgIpc) is 2.86. The van der Waals surface area contributed by atoms with Crippen molar-refractivity contribution in [3.63, 3.8) is 0 Å². The molecule has 9 nitrogen and oxygen atoms in total. The third kappa shape index (κ3) is 3.57. The molecule has 2 aromatic carbocycles. The molecule has 1 saturated heterocycles. The number of piperidine rings is 1. The fourth-order valence-corrected chi connectivity index (χ4v) is 8.53. The second-order valence-corrected chi connectivity index (χ2v) is 11.6. The zero-order valence-corrected chi connectivity index (χ0v) is 21.9. The van der Waals surface area contributed by atoms with Gasteiger partial charge in [-0.25, -0.2) is 13.2 Å². The number of hydrogen-bond donors (Lipinski definition) is 1. The Kier molecular flexibility index (Phi) is 6.07. The van der Waals surface area contributed by atoms with E-state index in [9.17, 15) is 23.1 Å².